The van der Waals surface area contributed by atoms with Crippen LogP contribution in [0.1, 0.15) is 11.1 Å². The fourth-order valence-corrected chi connectivity index (χ4v) is 1.90. The maximum Gasteiger partial charge on any atom is 0.138 e. The number of hydrogen-bond donors (Lipinski definition) is 0. The molecular formula is C14H14OS. The summed E-state index contributed by atoms with van der Waals surface area (Å²) in [5.41, 5.74) is 2.47. The molecule has 0 aliphatic heterocycles. The first-order chi connectivity index (χ1) is 7.74. The summed E-state index contributed by atoms with van der Waals surface area (Å²) in [5.74, 6) is 0.894. The van der Waals surface area contributed by atoms with Crippen LogP contribution in [-0.2, 0) is 0 Å². The summed E-state index contributed by atoms with van der Waals surface area (Å²) in [6.45, 7) is 4.14. The second kappa shape index (κ2) is 5.08. The van der Waals surface area contributed by atoms with Gasteiger partial charge in [0.2, 0.25) is 0 Å². The molecule has 2 heteroatoms. The normalized spacial score (nSPS) is 10.1. The average Bonchev–Trinajstić information content (AvgIpc) is 2.28. The minimum atomic E-state index is 0.894. The van der Waals surface area contributed by atoms with Crippen molar-refractivity contribution in [3.63, 3.8) is 0 Å². The van der Waals surface area contributed by atoms with Crippen LogP contribution in [0.2, 0.25) is 0 Å². The molecule has 0 N–H and O–H groups in total. The minimum absolute atomic E-state index is 0.894. The van der Waals surface area contributed by atoms with Crippen molar-refractivity contribution in [1.29, 1.82) is 0 Å². The lowest BCUT2D eigenvalue weighted by molar-refractivity contribution is 0.645. The van der Waals surface area contributed by atoms with Gasteiger partial charge in [0.25, 0.3) is 0 Å². The molecule has 0 atom stereocenters. The molecule has 0 saturated heterocycles. The quantitative estimate of drug-likeness (QED) is 0.723. The summed E-state index contributed by atoms with van der Waals surface area (Å²) in [6.07, 6.45) is 0. The van der Waals surface area contributed by atoms with Gasteiger partial charge in [-0.25, -0.2) is 0 Å². The van der Waals surface area contributed by atoms with Gasteiger partial charge >= 0.3 is 0 Å². The van der Waals surface area contributed by atoms with Gasteiger partial charge < -0.3 is 4.18 Å². The van der Waals surface area contributed by atoms with Crippen molar-refractivity contribution in [3.05, 3.63) is 59.7 Å². The molecular weight excluding hydrogens is 216 g/mol. The summed E-state index contributed by atoms with van der Waals surface area (Å²) in [6, 6.07) is 16.4. The Labute approximate surface area is 101 Å². The van der Waals surface area contributed by atoms with Gasteiger partial charge in [0.15, 0.2) is 0 Å². The van der Waals surface area contributed by atoms with Crippen LogP contribution in [0.5, 0.6) is 5.75 Å². The zero-order valence-electron chi connectivity index (χ0n) is 9.44. The summed E-state index contributed by atoms with van der Waals surface area (Å²) in [4.78, 5) is 1.12. The minimum Gasteiger partial charge on any atom is -0.421 e. The van der Waals surface area contributed by atoms with Gasteiger partial charge in [-0.15, -0.1) is 0 Å². The van der Waals surface area contributed by atoms with Gasteiger partial charge in [-0.3, -0.25) is 0 Å². The predicted molar refractivity (Wildman–Crippen MR) is 68.8 cm³/mol. The zero-order valence-corrected chi connectivity index (χ0v) is 10.3. The second-order valence-corrected chi connectivity index (χ2v) is 4.60. The van der Waals surface area contributed by atoms with E-state index in [1.165, 1.54) is 23.2 Å². The summed E-state index contributed by atoms with van der Waals surface area (Å²) in [5, 5.41) is 0. The molecule has 0 bridgehead atoms. The van der Waals surface area contributed by atoms with Crippen molar-refractivity contribution in [2.45, 2.75) is 18.7 Å². The number of hydrogen-bond acceptors (Lipinski definition) is 2. The summed E-state index contributed by atoms with van der Waals surface area (Å²) >= 11 is 1.39. The van der Waals surface area contributed by atoms with E-state index in [1.54, 1.807) is 0 Å². The fraction of sp³-hybridized carbons (Fsp3) is 0.143. The van der Waals surface area contributed by atoms with E-state index in [4.69, 9.17) is 4.18 Å². The van der Waals surface area contributed by atoms with Crippen LogP contribution in [0.3, 0.4) is 0 Å². The van der Waals surface area contributed by atoms with Crippen molar-refractivity contribution in [3.8, 4) is 5.75 Å². The molecule has 1 nitrogen and oxygen atoms in total. The van der Waals surface area contributed by atoms with E-state index in [2.05, 4.69) is 44.2 Å². The third-order valence-electron chi connectivity index (χ3n) is 2.24. The van der Waals surface area contributed by atoms with Gasteiger partial charge in [-0.1, -0.05) is 29.8 Å². The zero-order chi connectivity index (χ0) is 11.4. The number of benzene rings is 2. The molecule has 0 heterocycles. The van der Waals surface area contributed by atoms with Crippen molar-refractivity contribution in [2.24, 2.45) is 0 Å². The Morgan fingerprint density at radius 3 is 2.31 bits per heavy atom. The molecule has 82 valence electrons. The molecule has 0 radical (unpaired) electrons. The first-order valence-electron chi connectivity index (χ1n) is 5.22. The van der Waals surface area contributed by atoms with Crippen LogP contribution < -0.4 is 4.18 Å². The molecule has 0 aliphatic rings. The molecule has 0 aliphatic carbocycles. The Bertz CT molecular complexity index is 462. The third-order valence-corrected chi connectivity index (χ3v) is 2.99. The number of aryl methyl sites for hydroxylation is 2. The highest BCUT2D eigenvalue weighted by Gasteiger charge is 1.97. The monoisotopic (exact) mass is 230 g/mol. The molecule has 2 aromatic rings. The maximum absolute atomic E-state index is 5.63. The van der Waals surface area contributed by atoms with Gasteiger partial charge in [-0.05, 0) is 43.7 Å². The van der Waals surface area contributed by atoms with Crippen LogP contribution in [-0.4, -0.2) is 0 Å². The van der Waals surface area contributed by atoms with E-state index in [1.807, 2.05) is 18.2 Å². The lowest BCUT2D eigenvalue weighted by atomic mass is 10.2. The first-order valence-corrected chi connectivity index (χ1v) is 5.96. The Kier molecular flexibility index (Phi) is 3.52. The summed E-state index contributed by atoms with van der Waals surface area (Å²) in [7, 11) is 0. The van der Waals surface area contributed by atoms with E-state index >= 15 is 0 Å². The molecule has 0 amide bonds. The Balaban J connectivity index is 1.99. The fourth-order valence-electron chi connectivity index (χ4n) is 1.36. The lowest BCUT2D eigenvalue weighted by Crippen LogP contribution is -1.82. The van der Waals surface area contributed by atoms with E-state index in [-0.39, 0.29) is 0 Å². The Morgan fingerprint density at radius 2 is 1.62 bits per heavy atom. The highest BCUT2D eigenvalue weighted by molar-refractivity contribution is 7.95. The topological polar surface area (TPSA) is 9.23 Å². The van der Waals surface area contributed by atoms with Crippen LogP contribution in [0.4, 0.5) is 0 Å². The molecule has 0 spiro atoms. The van der Waals surface area contributed by atoms with Gasteiger partial charge in [0.05, 0.1) is 12.0 Å². The van der Waals surface area contributed by atoms with E-state index in [0.717, 1.165) is 10.6 Å². The average molecular weight is 230 g/mol. The SMILES string of the molecule is Cc1ccc(SOc2cccc(C)c2)cc1. The van der Waals surface area contributed by atoms with E-state index < -0.39 is 0 Å². The van der Waals surface area contributed by atoms with Crippen LogP contribution >= 0.6 is 12.0 Å². The van der Waals surface area contributed by atoms with Crippen molar-refractivity contribution in [2.75, 3.05) is 0 Å². The van der Waals surface area contributed by atoms with Gasteiger partial charge in [-0.2, -0.15) is 0 Å². The largest absolute Gasteiger partial charge is 0.421 e. The first kappa shape index (κ1) is 11.1. The predicted octanol–water partition coefficient (Wildman–Crippen LogP) is 4.39. The molecule has 2 rings (SSSR count). The second-order valence-electron chi connectivity index (χ2n) is 3.80. The lowest BCUT2D eigenvalue weighted by Gasteiger charge is -2.04. The number of rotatable bonds is 3. The molecule has 16 heavy (non-hydrogen) atoms. The van der Waals surface area contributed by atoms with Gasteiger partial charge in [0.1, 0.15) is 5.75 Å². The molecule has 0 unspecified atom stereocenters. The standard InChI is InChI=1S/C14H14OS/c1-11-6-8-14(9-7-11)16-15-13-5-3-4-12(2)10-13/h3-10H,1-2H3. The molecule has 0 fully saturated rings. The van der Waals surface area contributed by atoms with Crippen LogP contribution in [0.15, 0.2) is 53.4 Å². The van der Waals surface area contributed by atoms with Crippen LogP contribution in [0.25, 0.3) is 0 Å². The van der Waals surface area contributed by atoms with Crippen molar-refractivity contribution < 1.29 is 4.18 Å². The molecule has 0 aromatic heterocycles. The van der Waals surface area contributed by atoms with Crippen molar-refractivity contribution >= 4 is 12.0 Å². The smallest absolute Gasteiger partial charge is 0.138 e. The highest BCUT2D eigenvalue weighted by Crippen LogP contribution is 2.24. The Morgan fingerprint density at radius 1 is 0.875 bits per heavy atom. The molecule has 2 aromatic carbocycles. The Hall–Kier alpha value is -1.41. The highest BCUT2D eigenvalue weighted by atomic mass is 32.2. The molecule has 0 saturated carbocycles. The van der Waals surface area contributed by atoms with Crippen molar-refractivity contribution in [1.82, 2.24) is 0 Å². The maximum atomic E-state index is 5.63. The summed E-state index contributed by atoms with van der Waals surface area (Å²) < 4.78 is 5.63. The van der Waals surface area contributed by atoms with E-state index in [0.29, 0.717) is 0 Å². The van der Waals surface area contributed by atoms with Crippen LogP contribution in [0, 0.1) is 13.8 Å². The third kappa shape index (κ3) is 3.04. The van der Waals surface area contributed by atoms with Gasteiger partial charge in [0, 0.05) is 4.90 Å². The van der Waals surface area contributed by atoms with E-state index in [9.17, 15) is 0 Å².